The van der Waals surface area contributed by atoms with E-state index >= 15 is 0 Å². The highest BCUT2D eigenvalue weighted by Crippen LogP contribution is 2.33. The minimum absolute atomic E-state index is 0.0114. The zero-order chi connectivity index (χ0) is 28.1. The van der Waals surface area contributed by atoms with Crippen molar-refractivity contribution in [2.75, 3.05) is 11.4 Å². The van der Waals surface area contributed by atoms with Crippen LogP contribution >= 0.6 is 23.2 Å². The van der Waals surface area contributed by atoms with Gasteiger partial charge in [-0.2, -0.15) is 0 Å². The van der Waals surface area contributed by atoms with Gasteiger partial charge in [0.05, 0.1) is 17.4 Å². The van der Waals surface area contributed by atoms with Gasteiger partial charge in [-0.25, -0.2) is 0 Å². The van der Waals surface area contributed by atoms with E-state index in [1.54, 1.807) is 42.2 Å². The van der Waals surface area contributed by atoms with Gasteiger partial charge in [-0.05, 0) is 91.3 Å². The van der Waals surface area contributed by atoms with Gasteiger partial charge in [-0.1, -0.05) is 47.5 Å². The standard InChI is InChI=1S/C30H30Cl2N2O5/c1-18(35)20-9-14-26-25(17-20)29(38)33-28(30(39)34(26)15-3-2-4-27(36)37)24-13-12-23(32)16-21(24)8-5-19-6-10-22(31)11-7-19/h6-7,9-14,16-18,28,35H,2-5,8,15H2,1H3,(H,33,38)(H,36,37). The molecule has 0 radical (unpaired) electrons. The number of fused-ring (bicyclic) bond motifs is 1. The van der Waals surface area contributed by atoms with Crippen LogP contribution in [0, 0.1) is 0 Å². The number of hydrogen-bond donors (Lipinski definition) is 3. The molecule has 0 aliphatic carbocycles. The van der Waals surface area contributed by atoms with Crippen molar-refractivity contribution in [1.29, 1.82) is 0 Å². The second-order valence-electron chi connectivity index (χ2n) is 9.67. The van der Waals surface area contributed by atoms with Crippen LogP contribution in [-0.2, 0) is 22.4 Å². The van der Waals surface area contributed by atoms with E-state index in [9.17, 15) is 19.5 Å². The summed E-state index contributed by atoms with van der Waals surface area (Å²) in [4.78, 5) is 40.1. The van der Waals surface area contributed by atoms with Crippen LogP contribution in [0.2, 0.25) is 10.0 Å². The Bertz CT molecular complexity index is 1370. The molecule has 9 heteroatoms. The highest BCUT2D eigenvalue weighted by molar-refractivity contribution is 6.31. The molecule has 4 rings (SSSR count). The smallest absolute Gasteiger partial charge is 0.303 e. The molecule has 0 aromatic heterocycles. The summed E-state index contributed by atoms with van der Waals surface area (Å²) in [5.74, 6) is -1.66. The number of unbranched alkanes of at least 4 members (excludes halogenated alkanes) is 1. The lowest BCUT2D eigenvalue weighted by molar-refractivity contribution is -0.137. The molecule has 0 saturated heterocycles. The first-order valence-corrected chi connectivity index (χ1v) is 13.6. The van der Waals surface area contributed by atoms with Gasteiger partial charge >= 0.3 is 5.97 Å². The molecule has 0 saturated carbocycles. The number of hydrogen-bond acceptors (Lipinski definition) is 4. The van der Waals surface area contributed by atoms with Crippen molar-refractivity contribution in [3.8, 4) is 0 Å². The van der Waals surface area contributed by atoms with Crippen molar-refractivity contribution in [3.05, 3.63) is 98.5 Å². The summed E-state index contributed by atoms with van der Waals surface area (Å²) in [6, 6.07) is 16.8. The predicted molar refractivity (Wildman–Crippen MR) is 151 cm³/mol. The largest absolute Gasteiger partial charge is 0.481 e. The number of carboxylic acid groups (broad SMARTS) is 1. The van der Waals surface area contributed by atoms with Gasteiger partial charge < -0.3 is 20.4 Å². The number of halogens is 2. The molecule has 0 fully saturated rings. The lowest BCUT2D eigenvalue weighted by Crippen LogP contribution is -2.40. The van der Waals surface area contributed by atoms with E-state index in [1.807, 2.05) is 30.3 Å². The number of anilines is 1. The Labute approximate surface area is 237 Å². The van der Waals surface area contributed by atoms with Crippen LogP contribution in [0.3, 0.4) is 0 Å². The highest BCUT2D eigenvalue weighted by atomic mass is 35.5. The van der Waals surface area contributed by atoms with Crippen LogP contribution in [0.5, 0.6) is 0 Å². The maximum Gasteiger partial charge on any atom is 0.303 e. The molecule has 0 bridgehead atoms. The normalized spacial score (nSPS) is 15.9. The van der Waals surface area contributed by atoms with Crippen molar-refractivity contribution in [2.24, 2.45) is 0 Å². The number of carbonyl (C=O) groups excluding carboxylic acids is 2. The Morgan fingerprint density at radius 1 is 0.974 bits per heavy atom. The molecule has 1 aliphatic heterocycles. The Hall–Kier alpha value is -3.39. The molecule has 2 amide bonds. The molecular formula is C30H30Cl2N2O5. The van der Waals surface area contributed by atoms with E-state index in [4.69, 9.17) is 28.3 Å². The number of nitrogens with one attached hydrogen (secondary N) is 1. The second kappa shape index (κ2) is 12.6. The third-order valence-electron chi connectivity index (χ3n) is 6.86. The SMILES string of the molecule is CC(O)c1ccc2c(c1)C(=O)NC(c1ccc(Cl)cc1CCc1ccc(Cl)cc1)C(=O)N2CCCCC(=O)O. The zero-order valence-electron chi connectivity index (χ0n) is 21.5. The van der Waals surface area contributed by atoms with Gasteiger partial charge in [0, 0.05) is 23.0 Å². The maximum atomic E-state index is 14.0. The molecule has 2 atom stereocenters. The predicted octanol–water partition coefficient (Wildman–Crippen LogP) is 5.90. The molecule has 1 heterocycles. The number of aliphatic hydroxyl groups is 1. The van der Waals surface area contributed by atoms with E-state index < -0.39 is 24.0 Å². The van der Waals surface area contributed by atoms with Gasteiger partial charge in [0.1, 0.15) is 6.04 Å². The minimum atomic E-state index is -0.975. The average molecular weight is 569 g/mol. The summed E-state index contributed by atoms with van der Waals surface area (Å²) in [5.41, 5.74) is 3.80. The number of nitrogens with zero attached hydrogens (tertiary/aromatic N) is 1. The Morgan fingerprint density at radius 3 is 2.38 bits per heavy atom. The average Bonchev–Trinajstić information content (AvgIpc) is 3.00. The van der Waals surface area contributed by atoms with E-state index in [2.05, 4.69) is 5.32 Å². The molecular weight excluding hydrogens is 539 g/mol. The van der Waals surface area contributed by atoms with E-state index in [0.717, 1.165) is 11.1 Å². The number of aliphatic carboxylic acids is 1. The van der Waals surface area contributed by atoms with Gasteiger partial charge in [-0.15, -0.1) is 0 Å². The first kappa shape index (κ1) is 28.6. The summed E-state index contributed by atoms with van der Waals surface area (Å²) < 4.78 is 0. The molecule has 3 aromatic rings. The van der Waals surface area contributed by atoms with E-state index in [0.29, 0.717) is 52.5 Å². The number of carbonyl (C=O) groups is 3. The van der Waals surface area contributed by atoms with Crippen molar-refractivity contribution in [3.63, 3.8) is 0 Å². The van der Waals surface area contributed by atoms with Gasteiger partial charge in [0.2, 0.25) is 0 Å². The molecule has 204 valence electrons. The van der Waals surface area contributed by atoms with Crippen LogP contribution in [0.1, 0.15) is 70.9 Å². The number of aliphatic hydroxyl groups excluding tert-OH is 1. The summed E-state index contributed by atoms with van der Waals surface area (Å²) >= 11 is 12.4. The van der Waals surface area contributed by atoms with Crippen LogP contribution in [0.25, 0.3) is 0 Å². The molecule has 7 nitrogen and oxygen atoms in total. The lowest BCUT2D eigenvalue weighted by Gasteiger charge is -2.27. The number of aryl methyl sites for hydroxylation is 2. The zero-order valence-corrected chi connectivity index (χ0v) is 23.0. The number of amides is 2. The van der Waals surface area contributed by atoms with Gasteiger partial charge in [-0.3, -0.25) is 14.4 Å². The Kier molecular flexibility index (Phi) is 9.28. The van der Waals surface area contributed by atoms with Gasteiger partial charge in [0.25, 0.3) is 11.8 Å². The summed E-state index contributed by atoms with van der Waals surface area (Å²) in [6.07, 6.45) is 1.28. The highest BCUT2D eigenvalue weighted by Gasteiger charge is 2.36. The van der Waals surface area contributed by atoms with Gasteiger partial charge in [0.15, 0.2) is 0 Å². The molecule has 3 aromatic carbocycles. The number of rotatable bonds is 10. The minimum Gasteiger partial charge on any atom is -0.481 e. The van der Waals surface area contributed by atoms with E-state index in [-0.39, 0.29) is 24.4 Å². The molecule has 1 aliphatic rings. The molecule has 2 unspecified atom stereocenters. The topological polar surface area (TPSA) is 107 Å². The fourth-order valence-corrected chi connectivity index (χ4v) is 5.09. The Balaban J connectivity index is 1.70. The van der Waals surface area contributed by atoms with Crippen molar-refractivity contribution in [2.45, 2.75) is 51.2 Å². The fourth-order valence-electron chi connectivity index (χ4n) is 4.77. The van der Waals surface area contributed by atoms with Crippen molar-refractivity contribution < 1.29 is 24.6 Å². The van der Waals surface area contributed by atoms with Crippen molar-refractivity contribution >= 4 is 46.7 Å². The third kappa shape index (κ3) is 6.98. The van der Waals surface area contributed by atoms with Crippen LogP contribution in [-0.4, -0.2) is 34.5 Å². The van der Waals surface area contributed by atoms with E-state index in [1.165, 1.54) is 0 Å². The molecule has 39 heavy (non-hydrogen) atoms. The second-order valence-corrected chi connectivity index (χ2v) is 10.5. The Morgan fingerprint density at radius 2 is 1.69 bits per heavy atom. The summed E-state index contributed by atoms with van der Waals surface area (Å²) in [5, 5.41) is 23.2. The molecule has 3 N–H and O–H groups in total. The first-order chi connectivity index (χ1) is 18.6. The van der Waals surface area contributed by atoms with Crippen LogP contribution in [0.4, 0.5) is 5.69 Å². The number of carboxylic acids is 1. The maximum absolute atomic E-state index is 14.0. The quantitative estimate of drug-likeness (QED) is 0.264. The summed E-state index contributed by atoms with van der Waals surface area (Å²) in [6.45, 7) is 1.85. The third-order valence-corrected chi connectivity index (χ3v) is 7.35. The van der Waals surface area contributed by atoms with Crippen LogP contribution < -0.4 is 10.2 Å². The molecule has 0 spiro atoms. The fraction of sp³-hybridized carbons (Fsp3) is 0.300. The van der Waals surface area contributed by atoms with Crippen LogP contribution in [0.15, 0.2) is 60.7 Å². The first-order valence-electron chi connectivity index (χ1n) is 12.8. The number of benzene rings is 3. The summed E-state index contributed by atoms with van der Waals surface area (Å²) in [7, 11) is 0. The lowest BCUT2D eigenvalue weighted by atomic mass is 9.94. The van der Waals surface area contributed by atoms with Crippen molar-refractivity contribution in [1.82, 2.24) is 5.32 Å². The monoisotopic (exact) mass is 568 g/mol.